The Bertz CT molecular complexity index is 5830. The van der Waals surface area contributed by atoms with Gasteiger partial charge in [0.25, 0.3) is 47.3 Å². The van der Waals surface area contributed by atoms with Crippen LogP contribution < -0.4 is 43.0 Å². The van der Waals surface area contributed by atoms with Gasteiger partial charge < -0.3 is 79.6 Å². The van der Waals surface area contributed by atoms with Gasteiger partial charge in [0.2, 0.25) is 21.7 Å². The van der Waals surface area contributed by atoms with E-state index in [0.717, 1.165) is 54.9 Å². The van der Waals surface area contributed by atoms with Crippen LogP contribution in [0.3, 0.4) is 0 Å². The first-order valence-electron chi connectivity index (χ1n) is 40.7. The van der Waals surface area contributed by atoms with Gasteiger partial charge in [0.05, 0.1) is 35.2 Å². The number of hydrogen-bond acceptors (Lipinski definition) is 16. The molecule has 0 radical (unpaired) electrons. The number of hydrogen-bond donors (Lipinski definition) is 8. The van der Waals surface area contributed by atoms with Crippen molar-refractivity contribution in [3.8, 4) is 23.0 Å². The Kier molecular flexibility index (Phi) is 29.3. The second-order valence-electron chi connectivity index (χ2n) is 32.7. The normalized spacial score (nSPS) is 19.7. The summed E-state index contributed by atoms with van der Waals surface area (Å²) >= 11 is 0. The number of alkyl halides is 4. The van der Waals surface area contributed by atoms with E-state index in [2.05, 4.69) is 21.3 Å². The molecule has 8 aliphatic heterocycles. The number of amides is 8. The lowest BCUT2D eigenvalue weighted by Gasteiger charge is -2.42. The molecular weight excluding hydrogens is 1720 g/mol. The number of pyridine rings is 4. The standard InChI is InChI=1S/3C22H22F3N3O4.C21H20F3N3O4.2CH4/c1-11-5-16(24)14(17(25)6-11)8-26-21(31)15-10-27-13-4-2-3-12(7-23)28(9-13)22(32)18(27)20(30)19(15)29;2*1-12-6-15(24)13(16(25)7-12)8-26-20(31)14-9-28-17(19(30)18(14)29)21(32)27-5-3-2-4-22(28,10-23)11-27;22-7-13-2-1-3-14-9-27(13)21(31)17-19(29)18(28)15(10-26(14)17)20(30)25-8-11-4-5-12(23)6-16(11)24;;/h5-6,10,12-13,30H,2-4,7-9H2,1H3,(H,26,31);2*6-7,9,30H,2-5,8,10-11H2,1H3,(H,26,31);4-6,10,13-14,29H,1-3,7-9H2,(H,25,30);2*1H4/t12-,13+;2*22-;13-,14+;;/m1101../s1. The lowest BCUT2D eigenvalue weighted by molar-refractivity contribution is 0.0511. The summed E-state index contributed by atoms with van der Waals surface area (Å²) in [6, 6.07) is 7.66. The molecule has 8 N–H and O–H groups in total. The number of aromatic hydroxyl groups is 4. The predicted molar refractivity (Wildman–Crippen MR) is 442 cm³/mol. The molecule has 4 aromatic heterocycles. The van der Waals surface area contributed by atoms with Crippen LogP contribution in [-0.2, 0) is 37.3 Å². The Hall–Kier alpha value is -13.2. The molecule has 12 heterocycles. The maximum Gasteiger partial charge on any atom is 0.274 e. The number of nitrogens with zero attached hydrogens (tertiary/aromatic N) is 8. The van der Waals surface area contributed by atoms with Gasteiger partial charge in [-0.25, -0.2) is 52.7 Å². The molecule has 8 aliphatic rings. The first-order chi connectivity index (χ1) is 60.4. The molecule has 4 aromatic carbocycles. The van der Waals surface area contributed by atoms with Gasteiger partial charge in [0, 0.05) is 119 Å². The van der Waals surface area contributed by atoms with E-state index in [1.165, 1.54) is 77.1 Å². The zero-order valence-corrected chi connectivity index (χ0v) is 68.5. The Balaban J connectivity index is 0.000000166. The summed E-state index contributed by atoms with van der Waals surface area (Å²) in [6.45, 7) is 0.758. The zero-order chi connectivity index (χ0) is 91.9. The number of carbonyl (C=O) groups is 8. The summed E-state index contributed by atoms with van der Waals surface area (Å²) in [4.78, 5) is 158. The number of aromatic nitrogens is 4. The molecule has 0 saturated carbocycles. The lowest BCUT2D eigenvalue weighted by atomic mass is 9.91. The Labute approximate surface area is 728 Å². The van der Waals surface area contributed by atoms with Crippen molar-refractivity contribution in [2.75, 3.05) is 66.0 Å². The second-order valence-corrected chi connectivity index (χ2v) is 32.7. The molecule has 0 spiro atoms. The van der Waals surface area contributed by atoms with Crippen molar-refractivity contribution in [3.63, 3.8) is 0 Å². The predicted octanol–water partition coefficient (Wildman–Crippen LogP) is 10.9. The van der Waals surface area contributed by atoms with Crippen molar-refractivity contribution < 1.29 is 111 Å². The third-order valence-corrected chi connectivity index (χ3v) is 24.4. The molecule has 6 atom stereocenters. The fraction of sp³-hybridized carbons (Fsp3) is 0.416. The summed E-state index contributed by atoms with van der Waals surface area (Å²) in [5.41, 5.74) is -9.98. The highest BCUT2D eigenvalue weighted by molar-refractivity contribution is 6.02. The summed E-state index contributed by atoms with van der Waals surface area (Å²) < 4.78 is 172. The largest absolute Gasteiger partial charge is 0.503 e. The summed E-state index contributed by atoms with van der Waals surface area (Å²) in [5.74, 6) is -16.7. The van der Waals surface area contributed by atoms with Crippen LogP contribution in [0.1, 0.15) is 226 Å². The summed E-state index contributed by atoms with van der Waals surface area (Å²) in [5, 5.41) is 51.1. The van der Waals surface area contributed by atoms with E-state index in [4.69, 9.17) is 0 Å². The van der Waals surface area contributed by atoms with Crippen LogP contribution in [-0.4, -0.2) is 184 Å². The second kappa shape index (κ2) is 39.2. The first kappa shape index (κ1) is 96.4. The molecule has 0 aliphatic carbocycles. The molecule has 690 valence electrons. The van der Waals surface area contributed by atoms with Crippen molar-refractivity contribution in [1.29, 1.82) is 0 Å². The highest BCUT2D eigenvalue weighted by atomic mass is 19.2. The molecule has 40 heteroatoms. The number of fused-ring (bicyclic) bond motifs is 16. The smallest absolute Gasteiger partial charge is 0.274 e. The first-order valence-corrected chi connectivity index (χ1v) is 40.7. The van der Waals surface area contributed by atoms with Gasteiger partial charge in [0.15, 0.2) is 45.8 Å². The lowest BCUT2D eigenvalue weighted by Crippen LogP contribution is -2.55. The van der Waals surface area contributed by atoms with Crippen molar-refractivity contribution in [2.45, 2.75) is 174 Å². The molecule has 4 saturated heterocycles. The number of nitrogens with one attached hydrogen (secondary N) is 4. The maximum absolute atomic E-state index is 14.3. The Morgan fingerprint density at radius 3 is 1.03 bits per heavy atom. The fourth-order valence-electron chi connectivity index (χ4n) is 17.6. The third-order valence-electron chi connectivity index (χ3n) is 24.4. The molecule has 16 rings (SSSR count). The van der Waals surface area contributed by atoms with Crippen LogP contribution in [0.4, 0.5) is 52.7 Å². The zero-order valence-electron chi connectivity index (χ0n) is 68.5. The van der Waals surface area contributed by atoms with Crippen molar-refractivity contribution in [1.82, 2.24) is 59.1 Å². The summed E-state index contributed by atoms with van der Waals surface area (Å²) in [6.07, 6.45) is 11.1. The van der Waals surface area contributed by atoms with Gasteiger partial charge >= 0.3 is 0 Å². The van der Waals surface area contributed by atoms with E-state index in [1.54, 1.807) is 0 Å². The quantitative estimate of drug-likeness (QED) is 0.0417. The number of benzene rings is 4. The Morgan fingerprint density at radius 1 is 0.395 bits per heavy atom. The van der Waals surface area contributed by atoms with Crippen LogP contribution in [0.25, 0.3) is 0 Å². The number of halogens is 12. The molecule has 0 unspecified atom stereocenters. The van der Waals surface area contributed by atoms with E-state index in [-0.39, 0.29) is 105 Å². The topological polar surface area (TPSA) is 367 Å². The van der Waals surface area contributed by atoms with Crippen molar-refractivity contribution >= 4 is 47.3 Å². The highest BCUT2D eigenvalue weighted by Gasteiger charge is 2.49. The SMILES string of the molecule is C.C.Cc1cc(F)c(CNC(=O)c2cn3c(c(O)c2=O)C(=O)N2CCCC[C@@]3(CF)C2)c(F)c1.Cc1cc(F)c(CNC(=O)c2cn3c(c(O)c2=O)C(=O)N2CCCC[C@]3(CF)C2)c(F)c1.Cc1cc(F)c(CNC(=O)c2cn3c(c(O)c2=O)C(=O)N2C[C@@H]3CCC[C@@H]2CF)c(F)c1.O=C(NCc1ccc(F)cc1F)c1cn2c(c(O)c1=O)C(=O)N1C[C@@H]2CCC[C@@H]1CF. The minimum atomic E-state index is -1.21. The van der Waals surface area contributed by atoms with Crippen LogP contribution in [0.5, 0.6) is 23.0 Å². The summed E-state index contributed by atoms with van der Waals surface area (Å²) in [7, 11) is 0. The van der Waals surface area contributed by atoms with Crippen LogP contribution >= 0.6 is 0 Å². The Morgan fingerprint density at radius 2 is 0.713 bits per heavy atom. The van der Waals surface area contributed by atoms with Gasteiger partial charge in [-0.3, -0.25) is 57.5 Å². The molecule has 8 bridgehead atoms. The van der Waals surface area contributed by atoms with Gasteiger partial charge in [-0.15, -0.1) is 0 Å². The number of aryl methyl sites for hydroxylation is 3. The van der Waals surface area contributed by atoms with Crippen LogP contribution in [0, 0.1) is 67.3 Å². The number of carbonyl (C=O) groups excluding carboxylic acids is 8. The molecule has 129 heavy (non-hydrogen) atoms. The van der Waals surface area contributed by atoms with E-state index in [0.29, 0.717) is 113 Å². The van der Waals surface area contributed by atoms with E-state index in [9.17, 15) is 131 Å². The molecule has 8 amide bonds. The van der Waals surface area contributed by atoms with Gasteiger partial charge in [0.1, 0.15) is 95.5 Å². The average Bonchev–Trinajstić information content (AvgIpc) is 1.69. The van der Waals surface area contributed by atoms with Gasteiger partial charge in [-0.2, -0.15) is 0 Å². The van der Waals surface area contributed by atoms with Gasteiger partial charge in [-0.05, 0) is 157 Å². The fourth-order valence-corrected chi connectivity index (χ4v) is 17.6. The van der Waals surface area contributed by atoms with Crippen LogP contribution in [0.2, 0.25) is 0 Å². The van der Waals surface area contributed by atoms with Crippen molar-refractivity contribution in [3.05, 3.63) is 251 Å². The van der Waals surface area contributed by atoms with Crippen LogP contribution in [0.15, 0.2) is 98.6 Å². The number of rotatable bonds is 16. The molecular formula is C89H94F12N12O16. The average molecular weight is 1820 g/mol. The van der Waals surface area contributed by atoms with E-state index in [1.807, 2.05) is 0 Å². The third kappa shape index (κ3) is 18.7. The maximum atomic E-state index is 14.3. The monoisotopic (exact) mass is 1810 g/mol. The van der Waals surface area contributed by atoms with Gasteiger partial charge in [-0.1, -0.05) is 20.9 Å². The highest BCUT2D eigenvalue weighted by Crippen LogP contribution is 2.42. The van der Waals surface area contributed by atoms with Crippen molar-refractivity contribution in [2.24, 2.45) is 0 Å². The van der Waals surface area contributed by atoms with E-state index < -0.39 is 230 Å². The molecule has 4 fully saturated rings. The minimum absolute atomic E-state index is 0. The molecule has 8 aromatic rings. The minimum Gasteiger partial charge on any atom is -0.503 e. The molecule has 28 nitrogen and oxygen atoms in total. The van der Waals surface area contributed by atoms with E-state index >= 15 is 0 Å².